The number of nitrogens with zero attached hydrogens (tertiary/aromatic N) is 1. The Morgan fingerprint density at radius 1 is 1.50 bits per heavy atom. The molecule has 0 bridgehead atoms. The molecule has 0 radical (unpaired) electrons. The third-order valence-corrected chi connectivity index (χ3v) is 3.46. The Bertz CT molecular complexity index is 422. The Kier molecular flexibility index (Phi) is 3.82. The number of ether oxygens (including phenoxy) is 1. The van der Waals surface area contributed by atoms with Crippen LogP contribution in [0.25, 0.3) is 0 Å². The predicted molar refractivity (Wildman–Crippen MR) is 66.7 cm³/mol. The quantitative estimate of drug-likeness (QED) is 0.835. The molecule has 1 aromatic heterocycles. The van der Waals surface area contributed by atoms with Gasteiger partial charge >= 0.3 is 0 Å². The van der Waals surface area contributed by atoms with Crippen LogP contribution in [0.3, 0.4) is 0 Å². The minimum absolute atomic E-state index is 0.120. The highest BCUT2D eigenvalue weighted by atomic mass is 79.9. The van der Waals surface area contributed by atoms with E-state index in [0.29, 0.717) is 5.92 Å². The minimum Gasteiger partial charge on any atom is -0.381 e. The van der Waals surface area contributed by atoms with E-state index in [2.05, 4.69) is 15.9 Å². The molecular formula is C12H16BrNO2. The molecule has 3 nitrogen and oxygen atoms in total. The molecule has 0 aromatic carbocycles. The summed E-state index contributed by atoms with van der Waals surface area (Å²) < 4.78 is 8.10. The first-order chi connectivity index (χ1) is 7.66. The summed E-state index contributed by atoms with van der Waals surface area (Å²) in [7, 11) is 0. The van der Waals surface area contributed by atoms with Crippen LogP contribution >= 0.6 is 15.9 Å². The Morgan fingerprint density at radius 2 is 2.19 bits per heavy atom. The highest BCUT2D eigenvalue weighted by Gasteiger charge is 2.15. The van der Waals surface area contributed by atoms with Gasteiger partial charge in [-0.15, -0.1) is 0 Å². The Labute approximate surface area is 104 Å². The standard InChI is InChI=1S/C12H16BrNO2/c1-9-6-11(13)8-14(12(9)15)7-10-2-4-16-5-3-10/h6,8,10H,2-5,7H2,1H3. The molecule has 4 heteroatoms. The van der Waals surface area contributed by atoms with Crippen molar-refractivity contribution in [2.75, 3.05) is 13.2 Å². The van der Waals surface area contributed by atoms with Gasteiger partial charge in [0, 0.05) is 36.0 Å². The van der Waals surface area contributed by atoms with Crippen LogP contribution in [-0.4, -0.2) is 17.8 Å². The van der Waals surface area contributed by atoms with E-state index >= 15 is 0 Å². The van der Waals surface area contributed by atoms with Crippen LogP contribution in [0.2, 0.25) is 0 Å². The van der Waals surface area contributed by atoms with Crippen LogP contribution < -0.4 is 5.56 Å². The molecule has 0 N–H and O–H groups in total. The summed E-state index contributed by atoms with van der Waals surface area (Å²) in [6.45, 7) is 4.31. The number of halogens is 1. The Hall–Kier alpha value is -0.610. The lowest BCUT2D eigenvalue weighted by Crippen LogP contribution is -2.28. The summed E-state index contributed by atoms with van der Waals surface area (Å²) in [5.74, 6) is 0.570. The second kappa shape index (κ2) is 5.15. The van der Waals surface area contributed by atoms with Crippen LogP contribution in [0.15, 0.2) is 21.5 Å². The van der Waals surface area contributed by atoms with Crippen LogP contribution in [0.5, 0.6) is 0 Å². The monoisotopic (exact) mass is 285 g/mol. The first-order valence-electron chi connectivity index (χ1n) is 5.61. The van der Waals surface area contributed by atoms with Crippen molar-refractivity contribution in [2.24, 2.45) is 5.92 Å². The molecule has 0 aliphatic carbocycles. The number of aryl methyl sites for hydroxylation is 1. The average molecular weight is 286 g/mol. The molecule has 2 heterocycles. The van der Waals surface area contributed by atoms with E-state index < -0.39 is 0 Å². The lowest BCUT2D eigenvalue weighted by molar-refractivity contribution is 0.0609. The number of hydrogen-bond donors (Lipinski definition) is 0. The molecule has 88 valence electrons. The summed E-state index contributed by atoms with van der Waals surface area (Å²) in [5, 5.41) is 0. The molecule has 0 saturated carbocycles. The third-order valence-electron chi connectivity index (χ3n) is 3.03. The van der Waals surface area contributed by atoms with Gasteiger partial charge in [-0.2, -0.15) is 0 Å². The summed E-state index contributed by atoms with van der Waals surface area (Å²) in [5.41, 5.74) is 0.913. The molecular weight excluding hydrogens is 270 g/mol. The fourth-order valence-corrected chi connectivity index (χ4v) is 2.67. The van der Waals surface area contributed by atoms with Gasteiger partial charge in [-0.05, 0) is 47.7 Å². The van der Waals surface area contributed by atoms with Gasteiger partial charge < -0.3 is 9.30 Å². The maximum absolute atomic E-state index is 11.9. The minimum atomic E-state index is 0.120. The van der Waals surface area contributed by atoms with E-state index in [-0.39, 0.29) is 5.56 Å². The number of rotatable bonds is 2. The van der Waals surface area contributed by atoms with Crippen LogP contribution in [0.4, 0.5) is 0 Å². The molecule has 0 unspecified atom stereocenters. The van der Waals surface area contributed by atoms with Gasteiger partial charge in [-0.1, -0.05) is 0 Å². The Balaban J connectivity index is 2.17. The van der Waals surface area contributed by atoms with E-state index in [4.69, 9.17) is 4.74 Å². The van der Waals surface area contributed by atoms with E-state index in [0.717, 1.165) is 42.6 Å². The van der Waals surface area contributed by atoms with Gasteiger partial charge in [0.2, 0.25) is 0 Å². The maximum atomic E-state index is 11.9. The van der Waals surface area contributed by atoms with Gasteiger partial charge in [0.15, 0.2) is 0 Å². The highest BCUT2D eigenvalue weighted by Crippen LogP contribution is 2.17. The Morgan fingerprint density at radius 3 is 2.88 bits per heavy atom. The molecule has 1 aliphatic heterocycles. The zero-order valence-corrected chi connectivity index (χ0v) is 11.0. The molecule has 2 rings (SSSR count). The maximum Gasteiger partial charge on any atom is 0.253 e. The van der Waals surface area contributed by atoms with E-state index in [1.165, 1.54) is 0 Å². The van der Waals surface area contributed by atoms with Crippen molar-refractivity contribution in [3.63, 3.8) is 0 Å². The lowest BCUT2D eigenvalue weighted by atomic mass is 10.0. The zero-order valence-electron chi connectivity index (χ0n) is 9.41. The van der Waals surface area contributed by atoms with Gasteiger partial charge in [0.1, 0.15) is 0 Å². The molecule has 1 aromatic rings. The molecule has 0 spiro atoms. The van der Waals surface area contributed by atoms with Crippen molar-refractivity contribution in [1.82, 2.24) is 4.57 Å². The topological polar surface area (TPSA) is 31.2 Å². The lowest BCUT2D eigenvalue weighted by Gasteiger charge is -2.22. The predicted octanol–water partition coefficient (Wildman–Crippen LogP) is 2.35. The number of aromatic nitrogens is 1. The third kappa shape index (κ3) is 2.74. The van der Waals surface area contributed by atoms with Crippen LogP contribution in [0, 0.1) is 12.8 Å². The van der Waals surface area contributed by atoms with Crippen LogP contribution in [0.1, 0.15) is 18.4 Å². The van der Waals surface area contributed by atoms with Gasteiger partial charge in [-0.3, -0.25) is 4.79 Å². The fraction of sp³-hybridized carbons (Fsp3) is 0.583. The molecule has 1 aliphatic rings. The molecule has 0 amide bonds. The summed E-state index contributed by atoms with van der Waals surface area (Å²) >= 11 is 3.43. The molecule has 1 fully saturated rings. The largest absolute Gasteiger partial charge is 0.381 e. The number of hydrogen-bond acceptors (Lipinski definition) is 2. The second-order valence-electron chi connectivity index (χ2n) is 4.35. The molecule has 0 atom stereocenters. The summed E-state index contributed by atoms with van der Waals surface area (Å²) in [6.07, 6.45) is 3.99. The molecule has 1 saturated heterocycles. The first-order valence-corrected chi connectivity index (χ1v) is 6.40. The van der Waals surface area contributed by atoms with Crippen molar-refractivity contribution in [2.45, 2.75) is 26.3 Å². The summed E-state index contributed by atoms with van der Waals surface area (Å²) in [6, 6.07) is 1.86. The molecule has 16 heavy (non-hydrogen) atoms. The van der Waals surface area contributed by atoms with Crippen molar-refractivity contribution < 1.29 is 4.74 Å². The van der Waals surface area contributed by atoms with Crippen molar-refractivity contribution in [3.8, 4) is 0 Å². The smallest absolute Gasteiger partial charge is 0.253 e. The average Bonchev–Trinajstić information content (AvgIpc) is 2.27. The van der Waals surface area contributed by atoms with E-state index in [9.17, 15) is 4.79 Å². The van der Waals surface area contributed by atoms with Crippen molar-refractivity contribution >= 4 is 15.9 Å². The zero-order chi connectivity index (χ0) is 11.5. The van der Waals surface area contributed by atoms with Crippen molar-refractivity contribution in [1.29, 1.82) is 0 Å². The highest BCUT2D eigenvalue weighted by molar-refractivity contribution is 9.10. The van der Waals surface area contributed by atoms with Gasteiger partial charge in [0.05, 0.1) is 0 Å². The second-order valence-corrected chi connectivity index (χ2v) is 5.27. The van der Waals surface area contributed by atoms with Gasteiger partial charge in [0.25, 0.3) is 5.56 Å². The summed E-state index contributed by atoms with van der Waals surface area (Å²) in [4.78, 5) is 11.9. The number of pyridine rings is 1. The van der Waals surface area contributed by atoms with Crippen molar-refractivity contribution in [3.05, 3.63) is 32.7 Å². The fourth-order valence-electron chi connectivity index (χ4n) is 2.08. The van der Waals surface area contributed by atoms with E-state index in [1.54, 1.807) is 0 Å². The normalized spacial score (nSPS) is 17.6. The SMILES string of the molecule is Cc1cc(Br)cn(CC2CCOCC2)c1=O. The van der Waals surface area contributed by atoms with Crippen LogP contribution in [-0.2, 0) is 11.3 Å². The van der Waals surface area contributed by atoms with E-state index in [1.807, 2.05) is 23.8 Å². The van der Waals surface area contributed by atoms with Gasteiger partial charge in [-0.25, -0.2) is 0 Å². The first kappa shape index (κ1) is 11.9.